The second-order valence-electron chi connectivity index (χ2n) is 20.4. The predicted molar refractivity (Wildman–Crippen MR) is 256 cm³/mol. The molecule has 9 rings (SSSR count). The summed E-state index contributed by atoms with van der Waals surface area (Å²) in [5.74, 6) is -3.38. The number of methoxy groups -OCH3 is 1. The molecule has 7 aliphatic rings. The minimum Gasteiger partial charge on any atom is -0.482 e. The Balaban J connectivity index is 1.30. The zero-order valence-electron chi connectivity index (χ0n) is 41.5. The average molecular weight is 982 g/mol. The van der Waals surface area contributed by atoms with Gasteiger partial charge in [-0.2, -0.15) is 0 Å². The Morgan fingerprint density at radius 3 is 2.35 bits per heavy atom. The maximum Gasteiger partial charge on any atom is 0.343 e. The number of hydrogen-bond donors (Lipinski definition) is 5. The van der Waals surface area contributed by atoms with Crippen LogP contribution in [0.3, 0.4) is 0 Å². The standard InChI is InChI=1S/C54H63NO16/c1-27(2)11-10-18-52(8)19-17-34-44(69-52)33(14-12-28(3)4)46-39(40(57)35-22-31-23-38-51(6,7)71-53(47(31)61,54(35,38)70-46)20-16-29(5)48(62)64-9)45(34)68-49(63)30-13-15-36(32(21-30)25-65-26-55)66-50-43(60)42(59)41(58)37(24-56)67-50/h11-13,15-17,19,21-22,26,31,37-38,41-43,50,55-56,58-60H,10,14,18,20,23-25H2,1-9H3/t31?,37-,38?,41-,42+,43-,50-,52?,53?,54?/m1/s1. The van der Waals surface area contributed by atoms with Gasteiger partial charge >= 0.3 is 11.9 Å². The molecule has 4 heterocycles. The van der Waals surface area contributed by atoms with E-state index in [0.29, 0.717) is 42.5 Å². The van der Waals surface area contributed by atoms with E-state index in [-0.39, 0.29) is 70.3 Å². The van der Waals surface area contributed by atoms with Crippen LogP contribution >= 0.6 is 0 Å². The average Bonchev–Trinajstić information content (AvgIpc) is 3.48. The number of hydrogen-bond acceptors (Lipinski definition) is 17. The van der Waals surface area contributed by atoms with Gasteiger partial charge in [0.05, 0.1) is 30.4 Å². The normalized spacial score (nSPS) is 30.6. The number of aliphatic hydroxyl groups is 4. The number of carbonyl (C=O) groups is 4. The van der Waals surface area contributed by atoms with Crippen molar-refractivity contribution in [3.8, 4) is 23.0 Å². The minimum absolute atomic E-state index is 0.00267. The number of allylic oxidation sites excluding steroid dienone is 5. The van der Waals surface area contributed by atoms with E-state index in [9.17, 15) is 34.8 Å². The molecule has 4 aliphatic heterocycles. The molecule has 2 saturated heterocycles. The maximum atomic E-state index is 15.9. The molecule has 17 nitrogen and oxygen atoms in total. The Morgan fingerprint density at radius 1 is 0.944 bits per heavy atom. The molecule has 0 radical (unpaired) electrons. The number of aliphatic hydroxyl groups excluding tert-OH is 4. The first-order chi connectivity index (χ1) is 33.6. The molecule has 5 unspecified atom stereocenters. The predicted octanol–water partition coefficient (Wildman–Crippen LogP) is 6.14. The Morgan fingerprint density at radius 2 is 1.68 bits per heavy atom. The number of ether oxygens (including phenoxy) is 8. The zero-order valence-corrected chi connectivity index (χ0v) is 41.5. The molecule has 2 aromatic carbocycles. The highest BCUT2D eigenvalue weighted by Gasteiger charge is 2.81. The van der Waals surface area contributed by atoms with Crippen LogP contribution in [-0.4, -0.2) is 117 Å². The fourth-order valence-corrected chi connectivity index (χ4v) is 10.9. The molecule has 4 bridgehead atoms. The second kappa shape index (κ2) is 19.2. The second-order valence-corrected chi connectivity index (χ2v) is 20.4. The van der Waals surface area contributed by atoms with Crippen molar-refractivity contribution < 1.29 is 77.5 Å². The first-order valence-electron chi connectivity index (χ1n) is 23.8. The lowest BCUT2D eigenvalue weighted by atomic mass is 9.51. The highest BCUT2D eigenvalue weighted by atomic mass is 16.7. The van der Waals surface area contributed by atoms with Gasteiger partial charge < -0.3 is 58.3 Å². The van der Waals surface area contributed by atoms with E-state index in [1.165, 1.54) is 25.3 Å². The minimum atomic E-state index is -1.76. The van der Waals surface area contributed by atoms with E-state index >= 15 is 4.79 Å². The Labute approximate surface area is 412 Å². The van der Waals surface area contributed by atoms with Crippen LogP contribution in [0.25, 0.3) is 6.08 Å². The smallest absolute Gasteiger partial charge is 0.343 e. The van der Waals surface area contributed by atoms with Crippen LogP contribution in [0, 0.1) is 17.2 Å². The van der Waals surface area contributed by atoms with Crippen LogP contribution in [0.1, 0.15) is 118 Å². The fourth-order valence-electron chi connectivity index (χ4n) is 10.9. The summed E-state index contributed by atoms with van der Waals surface area (Å²) in [6.45, 7) is 14.2. The SMILES string of the molecule is COC(=O)C(C)=CCC12OC(C)(C)C3CC(C=C4C(=O)c5c(OC(=O)c6ccc(O[C@@H]7O[C@H](CO)[C@@H](O)[C@H](O)[C@H]7O)c(COC=N)c6)c6c(c(CC=C(C)C)c5OC431)OC(C)(CCC=C(C)C)C=C6)C2=O. The summed E-state index contributed by atoms with van der Waals surface area (Å²) in [4.78, 5) is 58.2. The number of fused-ring (bicyclic) bond motifs is 2. The monoisotopic (exact) mass is 981 g/mol. The van der Waals surface area contributed by atoms with E-state index in [1.807, 2.05) is 60.6 Å². The molecule has 10 atom stereocenters. The summed E-state index contributed by atoms with van der Waals surface area (Å²) in [6, 6.07) is 4.09. The fraction of sp³-hybridized carbons (Fsp3) is 0.500. The van der Waals surface area contributed by atoms with Crippen molar-refractivity contribution in [1.82, 2.24) is 0 Å². The summed E-state index contributed by atoms with van der Waals surface area (Å²) in [6.07, 6.45) is 5.41. The van der Waals surface area contributed by atoms with Gasteiger partial charge in [-0.1, -0.05) is 35.5 Å². The lowest BCUT2D eigenvalue weighted by molar-refractivity contribution is -0.277. The highest BCUT2D eigenvalue weighted by molar-refractivity contribution is 6.19. The van der Waals surface area contributed by atoms with Gasteiger partial charge in [-0.3, -0.25) is 15.0 Å². The third kappa shape index (κ3) is 8.73. The van der Waals surface area contributed by atoms with Crippen LogP contribution in [0.5, 0.6) is 23.0 Å². The molecule has 0 aromatic heterocycles. The molecular formula is C54H63NO16. The van der Waals surface area contributed by atoms with E-state index in [2.05, 4.69) is 6.08 Å². The van der Waals surface area contributed by atoms with Gasteiger partial charge in [0.25, 0.3) is 0 Å². The summed E-state index contributed by atoms with van der Waals surface area (Å²) in [5, 5.41) is 48.7. The van der Waals surface area contributed by atoms with Crippen molar-refractivity contribution in [1.29, 1.82) is 5.41 Å². The van der Waals surface area contributed by atoms with Crippen molar-refractivity contribution >= 4 is 36.0 Å². The maximum absolute atomic E-state index is 15.9. The van der Waals surface area contributed by atoms with Crippen LogP contribution in [0.4, 0.5) is 0 Å². The zero-order chi connectivity index (χ0) is 51.5. The van der Waals surface area contributed by atoms with Gasteiger partial charge in [0.2, 0.25) is 6.29 Å². The summed E-state index contributed by atoms with van der Waals surface area (Å²) < 4.78 is 49.6. The Bertz CT molecular complexity index is 2700. The highest BCUT2D eigenvalue weighted by Crippen LogP contribution is 2.69. The number of benzene rings is 2. The molecule has 1 spiro atoms. The molecule has 17 heteroatoms. The van der Waals surface area contributed by atoms with Gasteiger partial charge in [0.1, 0.15) is 59.4 Å². The summed E-state index contributed by atoms with van der Waals surface area (Å²) in [7, 11) is 1.27. The van der Waals surface area contributed by atoms with Crippen molar-refractivity contribution in [2.75, 3.05) is 13.7 Å². The molecule has 380 valence electrons. The Kier molecular flexibility index (Phi) is 13.9. The van der Waals surface area contributed by atoms with Gasteiger partial charge in [-0.15, -0.1) is 0 Å². The molecular weight excluding hydrogens is 919 g/mol. The molecule has 0 amide bonds. The van der Waals surface area contributed by atoms with Crippen LogP contribution in [0.15, 0.2) is 70.9 Å². The molecule has 5 N–H and O–H groups in total. The molecule has 1 saturated carbocycles. The number of rotatable bonds is 16. The summed E-state index contributed by atoms with van der Waals surface area (Å²) >= 11 is 0. The van der Waals surface area contributed by atoms with Crippen molar-refractivity contribution in [3.05, 3.63) is 98.7 Å². The van der Waals surface area contributed by atoms with Gasteiger partial charge in [-0.05, 0) is 111 Å². The van der Waals surface area contributed by atoms with Crippen LogP contribution in [-0.2, 0) is 41.6 Å². The van der Waals surface area contributed by atoms with Gasteiger partial charge in [-0.25, -0.2) is 9.59 Å². The van der Waals surface area contributed by atoms with Crippen molar-refractivity contribution in [2.45, 2.75) is 147 Å². The lowest BCUT2D eigenvalue weighted by Gasteiger charge is -2.56. The van der Waals surface area contributed by atoms with Crippen LogP contribution in [0.2, 0.25) is 0 Å². The number of esters is 2. The summed E-state index contributed by atoms with van der Waals surface area (Å²) in [5.41, 5.74) is -1.95. The third-order valence-corrected chi connectivity index (χ3v) is 14.5. The van der Waals surface area contributed by atoms with E-state index in [0.717, 1.165) is 11.1 Å². The number of nitrogens with one attached hydrogen (secondary N) is 1. The van der Waals surface area contributed by atoms with Crippen molar-refractivity contribution in [3.63, 3.8) is 0 Å². The van der Waals surface area contributed by atoms with Crippen molar-refractivity contribution in [2.24, 2.45) is 11.8 Å². The van der Waals surface area contributed by atoms with E-state index in [4.69, 9.17) is 43.3 Å². The Hall–Kier alpha value is -5.95. The van der Waals surface area contributed by atoms with Crippen LogP contribution < -0.4 is 18.9 Å². The number of carbonyl (C=O) groups excluding carboxylic acids is 4. The molecule has 3 fully saturated rings. The lowest BCUT2D eigenvalue weighted by Crippen LogP contribution is -2.72. The van der Waals surface area contributed by atoms with E-state index < -0.39 is 89.3 Å². The number of Topliss-reactive ketones (excluding diaryl/α,β-unsaturated/α-hetero) is 2. The number of ketones is 2. The molecule has 71 heavy (non-hydrogen) atoms. The first-order valence-corrected chi connectivity index (χ1v) is 23.8. The van der Waals surface area contributed by atoms with Gasteiger partial charge in [0, 0.05) is 40.5 Å². The van der Waals surface area contributed by atoms with Gasteiger partial charge in [0.15, 0.2) is 34.9 Å². The third-order valence-electron chi connectivity index (χ3n) is 14.5. The van der Waals surface area contributed by atoms with E-state index in [1.54, 1.807) is 25.2 Å². The quantitative estimate of drug-likeness (QED) is 0.0316. The molecule has 2 aromatic rings. The largest absolute Gasteiger partial charge is 0.482 e. The topological polar surface area (TPSA) is 247 Å². The molecule has 3 aliphatic carbocycles. The first kappa shape index (κ1) is 51.4.